The van der Waals surface area contributed by atoms with Crippen LogP contribution in [0.25, 0.3) is 0 Å². The van der Waals surface area contributed by atoms with Gasteiger partial charge in [0.2, 0.25) is 11.9 Å². The third-order valence-electron chi connectivity index (χ3n) is 2.64. The minimum absolute atomic E-state index is 0.357. The molecule has 0 spiro atoms. The molecule has 0 bridgehead atoms. The molecular weight excluding hydrogens is 258 g/mol. The van der Waals surface area contributed by atoms with Crippen LogP contribution in [0.3, 0.4) is 0 Å². The Morgan fingerprint density at radius 3 is 2.50 bits per heavy atom. The molecule has 0 atom stereocenters. The zero-order valence-electron chi connectivity index (χ0n) is 12.8. The second kappa shape index (κ2) is 9.30. The largest absolute Gasteiger partial charge is 0.463 e. The van der Waals surface area contributed by atoms with Crippen molar-refractivity contribution in [3.8, 4) is 6.01 Å². The number of aromatic nitrogens is 3. The van der Waals surface area contributed by atoms with E-state index in [9.17, 15) is 0 Å². The van der Waals surface area contributed by atoms with E-state index in [1.165, 1.54) is 0 Å². The van der Waals surface area contributed by atoms with E-state index < -0.39 is 0 Å². The van der Waals surface area contributed by atoms with Gasteiger partial charge in [0.05, 0.1) is 13.2 Å². The first-order chi connectivity index (χ1) is 9.74. The summed E-state index contributed by atoms with van der Waals surface area (Å²) < 4.78 is 10.9. The molecule has 0 aliphatic carbocycles. The van der Waals surface area contributed by atoms with Crippen molar-refractivity contribution in [2.45, 2.75) is 27.2 Å². The van der Waals surface area contributed by atoms with Crippen molar-refractivity contribution in [2.24, 2.45) is 0 Å². The average Bonchev–Trinajstić information content (AvgIpc) is 2.49. The van der Waals surface area contributed by atoms with Crippen LogP contribution in [0.2, 0.25) is 0 Å². The predicted octanol–water partition coefficient (Wildman–Crippen LogP) is 1.56. The summed E-state index contributed by atoms with van der Waals surface area (Å²) in [5.41, 5.74) is 0. The highest BCUT2D eigenvalue weighted by Gasteiger charge is 2.12. The van der Waals surface area contributed by atoms with Crippen LogP contribution in [-0.2, 0) is 4.74 Å². The fourth-order valence-corrected chi connectivity index (χ4v) is 1.58. The van der Waals surface area contributed by atoms with E-state index >= 15 is 0 Å². The van der Waals surface area contributed by atoms with Crippen molar-refractivity contribution >= 4 is 11.9 Å². The summed E-state index contributed by atoms with van der Waals surface area (Å²) in [6.07, 6.45) is 0.914. The molecule has 0 amide bonds. The van der Waals surface area contributed by atoms with Crippen LogP contribution in [0.4, 0.5) is 11.9 Å². The summed E-state index contributed by atoms with van der Waals surface area (Å²) in [6.45, 7) is 9.57. The summed E-state index contributed by atoms with van der Waals surface area (Å²) in [5.74, 6) is 1.12. The number of hydrogen-bond acceptors (Lipinski definition) is 7. The number of nitrogens with one attached hydrogen (secondary N) is 1. The van der Waals surface area contributed by atoms with Gasteiger partial charge in [-0.1, -0.05) is 6.92 Å². The van der Waals surface area contributed by atoms with E-state index in [4.69, 9.17) is 9.47 Å². The van der Waals surface area contributed by atoms with E-state index in [0.29, 0.717) is 37.7 Å². The molecule has 0 saturated carbocycles. The zero-order valence-corrected chi connectivity index (χ0v) is 12.8. The molecule has 0 aliphatic rings. The number of ether oxygens (including phenoxy) is 2. The average molecular weight is 283 g/mol. The maximum atomic E-state index is 5.50. The van der Waals surface area contributed by atoms with Crippen molar-refractivity contribution in [3.63, 3.8) is 0 Å². The minimum atomic E-state index is 0.357. The number of likely N-dealkylation sites (N-methyl/N-ethyl adjacent to an activating group) is 1. The third-order valence-corrected chi connectivity index (χ3v) is 2.64. The van der Waals surface area contributed by atoms with Gasteiger partial charge in [-0.3, -0.25) is 0 Å². The van der Waals surface area contributed by atoms with Crippen LogP contribution in [0.5, 0.6) is 6.01 Å². The maximum absolute atomic E-state index is 5.50. The lowest BCUT2D eigenvalue weighted by Gasteiger charge is -2.21. The molecule has 20 heavy (non-hydrogen) atoms. The first-order valence-corrected chi connectivity index (χ1v) is 7.14. The topological polar surface area (TPSA) is 72.4 Å². The second-order valence-electron chi connectivity index (χ2n) is 4.12. The molecule has 1 heterocycles. The molecule has 1 N–H and O–H groups in total. The molecule has 114 valence electrons. The molecule has 1 rings (SSSR count). The fourth-order valence-electron chi connectivity index (χ4n) is 1.58. The normalized spacial score (nSPS) is 10.4. The van der Waals surface area contributed by atoms with Crippen LogP contribution in [-0.4, -0.2) is 54.9 Å². The van der Waals surface area contributed by atoms with E-state index in [-0.39, 0.29) is 0 Å². The van der Waals surface area contributed by atoms with Crippen LogP contribution in [0.15, 0.2) is 0 Å². The minimum Gasteiger partial charge on any atom is -0.463 e. The number of rotatable bonds is 10. The van der Waals surface area contributed by atoms with Crippen molar-refractivity contribution in [1.29, 1.82) is 0 Å². The summed E-state index contributed by atoms with van der Waals surface area (Å²) in [5, 5.41) is 2.93. The van der Waals surface area contributed by atoms with E-state index in [1.54, 1.807) is 7.05 Å². The Hall–Kier alpha value is -1.63. The lowest BCUT2D eigenvalue weighted by atomic mass is 10.5. The first-order valence-electron chi connectivity index (χ1n) is 7.14. The highest BCUT2D eigenvalue weighted by atomic mass is 16.5. The molecule has 0 aliphatic heterocycles. The smallest absolute Gasteiger partial charge is 0.323 e. The molecule has 0 aromatic carbocycles. The Morgan fingerprint density at radius 2 is 1.90 bits per heavy atom. The van der Waals surface area contributed by atoms with Gasteiger partial charge in [-0.15, -0.1) is 0 Å². The zero-order chi connectivity index (χ0) is 14.8. The predicted molar refractivity (Wildman–Crippen MR) is 79.5 cm³/mol. The van der Waals surface area contributed by atoms with Crippen molar-refractivity contribution < 1.29 is 9.47 Å². The van der Waals surface area contributed by atoms with Gasteiger partial charge in [0.1, 0.15) is 0 Å². The van der Waals surface area contributed by atoms with E-state index in [1.807, 2.05) is 18.7 Å². The van der Waals surface area contributed by atoms with Crippen LogP contribution >= 0.6 is 0 Å². The summed E-state index contributed by atoms with van der Waals surface area (Å²) in [7, 11) is 1.78. The van der Waals surface area contributed by atoms with Crippen LogP contribution < -0.4 is 15.0 Å². The molecule has 0 saturated heterocycles. The molecular formula is C13H25N5O2. The molecule has 7 heteroatoms. The van der Waals surface area contributed by atoms with Gasteiger partial charge in [-0.25, -0.2) is 0 Å². The molecule has 1 aromatic rings. The number of hydrogen-bond donors (Lipinski definition) is 1. The van der Waals surface area contributed by atoms with Crippen molar-refractivity contribution in [3.05, 3.63) is 0 Å². The van der Waals surface area contributed by atoms with Crippen molar-refractivity contribution in [1.82, 2.24) is 15.0 Å². The van der Waals surface area contributed by atoms with E-state index in [0.717, 1.165) is 19.5 Å². The summed E-state index contributed by atoms with van der Waals surface area (Å²) >= 11 is 0. The third kappa shape index (κ3) is 5.16. The van der Waals surface area contributed by atoms with Gasteiger partial charge < -0.3 is 19.7 Å². The van der Waals surface area contributed by atoms with Gasteiger partial charge in [-0.2, -0.15) is 15.0 Å². The molecule has 0 fully saturated rings. The Bertz CT molecular complexity index is 389. The van der Waals surface area contributed by atoms with Gasteiger partial charge in [0.15, 0.2) is 0 Å². The van der Waals surface area contributed by atoms with Crippen molar-refractivity contribution in [2.75, 3.05) is 50.2 Å². The fraction of sp³-hybridized carbons (Fsp3) is 0.769. The molecule has 1 aromatic heterocycles. The molecule has 0 unspecified atom stereocenters. The lowest BCUT2D eigenvalue weighted by molar-refractivity contribution is 0.153. The highest BCUT2D eigenvalue weighted by molar-refractivity contribution is 5.37. The standard InChI is InChI=1S/C13H25N5O2/c1-5-9-20-13-16-11(14-4)15-12(17-13)18(6-2)8-10-19-7-3/h5-10H2,1-4H3,(H,14,15,16,17). The Labute approximate surface area is 120 Å². The quantitative estimate of drug-likeness (QED) is 0.653. The van der Waals surface area contributed by atoms with Crippen LogP contribution in [0, 0.1) is 0 Å². The van der Waals surface area contributed by atoms with Gasteiger partial charge in [0, 0.05) is 26.7 Å². The van der Waals surface area contributed by atoms with Crippen LogP contribution in [0.1, 0.15) is 27.2 Å². The molecule has 7 nitrogen and oxygen atoms in total. The van der Waals surface area contributed by atoms with E-state index in [2.05, 4.69) is 27.2 Å². The Kier molecular flexibility index (Phi) is 7.64. The highest BCUT2D eigenvalue weighted by Crippen LogP contribution is 2.14. The van der Waals surface area contributed by atoms with Gasteiger partial charge in [0.25, 0.3) is 0 Å². The Morgan fingerprint density at radius 1 is 1.10 bits per heavy atom. The number of anilines is 2. The molecule has 0 radical (unpaired) electrons. The summed E-state index contributed by atoms with van der Waals surface area (Å²) in [6, 6.07) is 0.357. The van der Waals surface area contributed by atoms with Gasteiger partial charge in [-0.05, 0) is 20.3 Å². The Balaban J connectivity index is 2.83. The number of nitrogens with zero attached hydrogens (tertiary/aromatic N) is 4. The maximum Gasteiger partial charge on any atom is 0.323 e. The van der Waals surface area contributed by atoms with Gasteiger partial charge >= 0.3 is 6.01 Å². The SMILES string of the molecule is CCCOc1nc(NC)nc(N(CC)CCOCC)n1. The monoisotopic (exact) mass is 283 g/mol. The first kappa shape index (κ1) is 16.4. The lowest BCUT2D eigenvalue weighted by Crippen LogP contribution is -2.29. The summed E-state index contributed by atoms with van der Waals surface area (Å²) in [4.78, 5) is 14.9. The second-order valence-corrected chi connectivity index (χ2v) is 4.12.